The van der Waals surface area contributed by atoms with Crippen LogP contribution < -0.4 is 4.74 Å². The topological polar surface area (TPSA) is 95.5 Å². The number of nitrogens with zero attached hydrogens (tertiary/aromatic N) is 5. The van der Waals surface area contributed by atoms with Gasteiger partial charge in [0.25, 0.3) is 0 Å². The van der Waals surface area contributed by atoms with Crippen molar-refractivity contribution in [1.82, 2.24) is 15.0 Å². The molecule has 6 heteroatoms. The Hall–Kier alpha value is -8.45. The Morgan fingerprint density at radius 1 is 0.305 bits per heavy atom. The largest absolute Gasteiger partial charge is 0.457 e. The van der Waals surface area contributed by atoms with E-state index in [9.17, 15) is 10.5 Å². The molecule has 9 aromatic rings. The molecule has 1 aromatic heterocycles. The Morgan fingerprint density at radius 3 is 1.05 bits per heavy atom. The summed E-state index contributed by atoms with van der Waals surface area (Å²) in [7, 11) is 0. The maximum absolute atomic E-state index is 9.87. The fraction of sp³-hybridized carbons (Fsp3) is 0. The summed E-state index contributed by atoms with van der Waals surface area (Å²) in [6.45, 7) is 0. The van der Waals surface area contributed by atoms with Crippen molar-refractivity contribution in [2.24, 2.45) is 0 Å². The van der Waals surface area contributed by atoms with E-state index in [1.165, 1.54) is 0 Å². The fourth-order valence-corrected chi connectivity index (χ4v) is 7.09. The van der Waals surface area contributed by atoms with Gasteiger partial charge in [-0.2, -0.15) is 10.5 Å². The summed E-state index contributed by atoms with van der Waals surface area (Å²) in [5, 5.41) is 19.7. The maximum atomic E-state index is 9.87. The molecule has 0 fully saturated rings. The normalized spacial score (nSPS) is 10.7. The van der Waals surface area contributed by atoms with E-state index in [4.69, 9.17) is 19.7 Å². The van der Waals surface area contributed by atoms with Gasteiger partial charge < -0.3 is 4.74 Å². The third-order valence-corrected chi connectivity index (χ3v) is 10.1. The minimum atomic E-state index is 0.589. The van der Waals surface area contributed by atoms with Gasteiger partial charge in [0.2, 0.25) is 0 Å². The van der Waals surface area contributed by atoms with Crippen LogP contribution >= 0.6 is 0 Å². The maximum Gasteiger partial charge on any atom is 0.164 e. The number of hydrogen-bond donors (Lipinski definition) is 0. The molecule has 0 aliphatic heterocycles. The van der Waals surface area contributed by atoms with Crippen molar-refractivity contribution in [3.63, 3.8) is 0 Å². The smallest absolute Gasteiger partial charge is 0.164 e. The van der Waals surface area contributed by atoms with Gasteiger partial charge in [0.1, 0.15) is 11.5 Å². The SMILES string of the molecule is N#Cc1ccccc1-c1cc(-c2ccc(Oc3ccc(-c4ccc(-c5nc(-c6ccccc6)nc(-c6ccccc6)n5)cc4)cc3)cc2)cc(-c2ccccc2C#N)c1. The molecule has 8 aromatic carbocycles. The summed E-state index contributed by atoms with van der Waals surface area (Å²) in [6, 6.07) is 70.2. The Kier molecular flexibility index (Phi) is 10.0. The lowest BCUT2D eigenvalue weighted by Crippen LogP contribution is -2.00. The molecule has 6 nitrogen and oxygen atoms in total. The molecule has 9 rings (SSSR count). The molecule has 0 radical (unpaired) electrons. The van der Waals surface area contributed by atoms with Crippen molar-refractivity contribution >= 4 is 0 Å². The molecule has 59 heavy (non-hydrogen) atoms. The highest BCUT2D eigenvalue weighted by Gasteiger charge is 2.14. The molecular formula is C53H33N5O. The van der Waals surface area contributed by atoms with Crippen LogP contribution in [0.1, 0.15) is 11.1 Å². The van der Waals surface area contributed by atoms with E-state index in [1.807, 2.05) is 176 Å². The molecule has 0 amide bonds. The fourth-order valence-electron chi connectivity index (χ4n) is 7.09. The minimum Gasteiger partial charge on any atom is -0.457 e. The zero-order valence-electron chi connectivity index (χ0n) is 31.7. The van der Waals surface area contributed by atoms with Crippen LogP contribution in [0.15, 0.2) is 200 Å². The van der Waals surface area contributed by atoms with E-state index in [0.717, 1.165) is 66.9 Å². The molecule has 0 saturated carbocycles. The first-order valence-corrected chi connectivity index (χ1v) is 19.1. The summed E-state index contributed by atoms with van der Waals surface area (Å²) >= 11 is 0. The lowest BCUT2D eigenvalue weighted by atomic mass is 9.90. The highest BCUT2D eigenvalue weighted by atomic mass is 16.5. The number of hydrogen-bond acceptors (Lipinski definition) is 6. The van der Waals surface area contributed by atoms with Gasteiger partial charge >= 0.3 is 0 Å². The first-order valence-electron chi connectivity index (χ1n) is 19.1. The van der Waals surface area contributed by atoms with E-state index in [2.05, 4.69) is 36.4 Å². The van der Waals surface area contributed by atoms with E-state index >= 15 is 0 Å². The molecule has 0 bridgehead atoms. The standard InChI is InChI=1S/C53H33N5O/c54-34-42-15-7-9-17-49(42)45-31-44(32-46(33-45)50-18-10-8-16-43(50)35-55)38-25-29-48(30-26-38)59-47-27-23-37(24-28-47)36-19-21-41(22-20-36)53-57-51(39-11-3-1-4-12-39)56-52(58-53)40-13-5-2-6-14-40/h1-33H. The van der Waals surface area contributed by atoms with Crippen molar-refractivity contribution < 1.29 is 4.74 Å². The molecule has 1 heterocycles. The van der Waals surface area contributed by atoms with Crippen LogP contribution in [0.5, 0.6) is 11.5 Å². The minimum absolute atomic E-state index is 0.589. The molecule has 276 valence electrons. The van der Waals surface area contributed by atoms with Gasteiger partial charge in [0.15, 0.2) is 17.5 Å². The average Bonchev–Trinajstić information content (AvgIpc) is 3.32. The Labute approximate surface area is 342 Å². The number of benzene rings is 8. The van der Waals surface area contributed by atoms with E-state index < -0.39 is 0 Å². The van der Waals surface area contributed by atoms with Crippen molar-refractivity contribution in [2.45, 2.75) is 0 Å². The van der Waals surface area contributed by atoms with Crippen LogP contribution in [0.2, 0.25) is 0 Å². The van der Waals surface area contributed by atoms with Crippen LogP contribution in [-0.4, -0.2) is 15.0 Å². The van der Waals surface area contributed by atoms with E-state index in [0.29, 0.717) is 34.3 Å². The van der Waals surface area contributed by atoms with Crippen LogP contribution in [0, 0.1) is 22.7 Å². The van der Waals surface area contributed by atoms with Gasteiger partial charge in [0, 0.05) is 16.7 Å². The third-order valence-electron chi connectivity index (χ3n) is 10.1. The highest BCUT2D eigenvalue weighted by molar-refractivity contribution is 5.84. The quantitative estimate of drug-likeness (QED) is 0.146. The van der Waals surface area contributed by atoms with E-state index in [1.54, 1.807) is 0 Å². The van der Waals surface area contributed by atoms with Gasteiger partial charge in [-0.15, -0.1) is 0 Å². The lowest BCUT2D eigenvalue weighted by Gasteiger charge is -2.13. The van der Waals surface area contributed by atoms with Crippen LogP contribution in [0.3, 0.4) is 0 Å². The Balaban J connectivity index is 0.946. The second kappa shape index (κ2) is 16.3. The highest BCUT2D eigenvalue weighted by Crippen LogP contribution is 2.36. The number of nitriles is 2. The zero-order chi connectivity index (χ0) is 40.0. The Bertz CT molecular complexity index is 2870. The van der Waals surface area contributed by atoms with E-state index in [-0.39, 0.29) is 0 Å². The molecule has 0 atom stereocenters. The summed E-state index contributed by atoms with van der Waals surface area (Å²) in [5.74, 6) is 3.29. The second-order valence-electron chi connectivity index (χ2n) is 13.9. The first kappa shape index (κ1) is 36.2. The molecule has 0 unspecified atom stereocenters. The zero-order valence-corrected chi connectivity index (χ0v) is 31.7. The molecule has 0 spiro atoms. The van der Waals surface area contributed by atoms with Crippen LogP contribution in [0.25, 0.3) is 78.7 Å². The van der Waals surface area contributed by atoms with Gasteiger partial charge in [-0.1, -0.05) is 146 Å². The first-order chi connectivity index (χ1) is 29.1. The monoisotopic (exact) mass is 755 g/mol. The lowest BCUT2D eigenvalue weighted by molar-refractivity contribution is 0.483. The number of rotatable bonds is 9. The number of ether oxygens (including phenoxy) is 1. The molecular weight excluding hydrogens is 723 g/mol. The van der Waals surface area contributed by atoms with Crippen molar-refractivity contribution in [1.29, 1.82) is 10.5 Å². The average molecular weight is 756 g/mol. The Morgan fingerprint density at radius 2 is 0.627 bits per heavy atom. The van der Waals surface area contributed by atoms with Crippen LogP contribution in [0.4, 0.5) is 0 Å². The van der Waals surface area contributed by atoms with Gasteiger partial charge in [-0.25, -0.2) is 15.0 Å². The summed E-state index contributed by atoms with van der Waals surface area (Å²) in [6.07, 6.45) is 0. The van der Waals surface area contributed by atoms with Crippen molar-refractivity contribution in [3.8, 4) is 102 Å². The predicted molar refractivity (Wildman–Crippen MR) is 234 cm³/mol. The second-order valence-corrected chi connectivity index (χ2v) is 13.9. The number of aromatic nitrogens is 3. The third kappa shape index (κ3) is 7.84. The van der Waals surface area contributed by atoms with Gasteiger partial charge in [0.05, 0.1) is 23.3 Å². The summed E-state index contributed by atoms with van der Waals surface area (Å²) in [4.78, 5) is 14.5. The van der Waals surface area contributed by atoms with Gasteiger partial charge in [-0.3, -0.25) is 0 Å². The summed E-state index contributed by atoms with van der Waals surface area (Å²) < 4.78 is 6.28. The predicted octanol–water partition coefficient (Wildman–Crippen LogP) is 13.1. The summed E-state index contributed by atoms with van der Waals surface area (Å²) in [5.41, 5.74) is 11.5. The van der Waals surface area contributed by atoms with Gasteiger partial charge in [-0.05, 0) is 99.1 Å². The molecule has 0 aliphatic carbocycles. The molecule has 0 aliphatic rings. The van der Waals surface area contributed by atoms with Crippen molar-refractivity contribution in [3.05, 3.63) is 211 Å². The molecule has 0 N–H and O–H groups in total. The van der Waals surface area contributed by atoms with Crippen LogP contribution in [-0.2, 0) is 0 Å². The molecule has 0 saturated heterocycles. The van der Waals surface area contributed by atoms with Crippen molar-refractivity contribution in [2.75, 3.05) is 0 Å².